The van der Waals surface area contributed by atoms with E-state index >= 15 is 0 Å². The van der Waals surface area contributed by atoms with Crippen molar-refractivity contribution in [2.24, 2.45) is 0 Å². The van der Waals surface area contributed by atoms with Crippen molar-refractivity contribution in [3.8, 4) is 0 Å². The van der Waals surface area contributed by atoms with Crippen LogP contribution < -0.4 is 0 Å². The minimum absolute atomic E-state index is 0.0743. The van der Waals surface area contributed by atoms with Crippen LogP contribution >= 0.6 is 0 Å². The van der Waals surface area contributed by atoms with Gasteiger partial charge in [-0.3, -0.25) is 4.79 Å². The topological polar surface area (TPSA) is 41.7 Å². The summed E-state index contributed by atoms with van der Waals surface area (Å²) in [6.45, 7) is 3.93. The molecule has 2 heterocycles. The Hall–Kier alpha value is -1.77. The van der Waals surface area contributed by atoms with Crippen LogP contribution in [-0.4, -0.2) is 15.5 Å². The molecule has 0 aromatic carbocycles. The molecule has 0 saturated carbocycles. The van der Waals surface area contributed by atoms with Crippen LogP contribution in [0.1, 0.15) is 17.0 Å². The van der Waals surface area contributed by atoms with E-state index in [1.807, 2.05) is 42.5 Å². The number of carboxylic acid groups (broad SMARTS) is 1. The van der Waals surface area contributed by atoms with E-state index in [4.69, 9.17) is 5.11 Å². The smallest absolute Gasteiger partial charge is 0.309 e. The maximum absolute atomic E-state index is 10.8. The zero-order valence-corrected chi connectivity index (χ0v) is 8.82. The number of nitrogens with zero attached hydrogens (tertiary/aromatic N) is 1. The first-order valence-corrected chi connectivity index (χ1v) is 4.88. The van der Waals surface area contributed by atoms with Gasteiger partial charge in [0.2, 0.25) is 0 Å². The van der Waals surface area contributed by atoms with E-state index in [-0.39, 0.29) is 6.42 Å². The fourth-order valence-corrected chi connectivity index (χ4v) is 1.96. The van der Waals surface area contributed by atoms with Gasteiger partial charge in [-0.15, -0.1) is 0 Å². The summed E-state index contributed by atoms with van der Waals surface area (Å²) >= 11 is 0. The fourth-order valence-electron chi connectivity index (χ4n) is 1.96. The van der Waals surface area contributed by atoms with E-state index < -0.39 is 5.97 Å². The molecular weight excluding hydrogens is 190 g/mol. The van der Waals surface area contributed by atoms with E-state index in [1.54, 1.807) is 0 Å². The third-order valence-electron chi connectivity index (χ3n) is 2.62. The minimum atomic E-state index is -0.790. The number of carboxylic acids is 1. The van der Waals surface area contributed by atoms with Crippen molar-refractivity contribution in [2.75, 3.05) is 0 Å². The molecule has 0 spiro atoms. The van der Waals surface area contributed by atoms with Crippen molar-refractivity contribution >= 4 is 11.5 Å². The van der Waals surface area contributed by atoms with Crippen molar-refractivity contribution in [1.82, 2.24) is 4.40 Å². The van der Waals surface area contributed by atoms with Crippen LogP contribution in [0.4, 0.5) is 0 Å². The molecule has 3 heteroatoms. The second-order valence-electron chi connectivity index (χ2n) is 3.77. The molecule has 2 aromatic rings. The Bertz CT molecular complexity index is 526. The van der Waals surface area contributed by atoms with Gasteiger partial charge in [0.05, 0.1) is 6.42 Å². The molecule has 0 unspecified atom stereocenters. The summed E-state index contributed by atoms with van der Waals surface area (Å²) < 4.78 is 2.00. The molecule has 0 aliphatic rings. The van der Waals surface area contributed by atoms with Crippen molar-refractivity contribution in [3.05, 3.63) is 41.2 Å². The van der Waals surface area contributed by atoms with E-state index in [1.165, 1.54) is 0 Å². The lowest BCUT2D eigenvalue weighted by Gasteiger charge is -2.05. The van der Waals surface area contributed by atoms with E-state index in [2.05, 4.69) is 0 Å². The average Bonchev–Trinajstić information content (AvgIpc) is 2.43. The number of aromatic nitrogens is 1. The second kappa shape index (κ2) is 3.42. The molecule has 0 amide bonds. The van der Waals surface area contributed by atoms with Crippen molar-refractivity contribution < 1.29 is 9.90 Å². The number of fused-ring (bicyclic) bond motifs is 1. The average molecular weight is 203 g/mol. The van der Waals surface area contributed by atoms with Gasteiger partial charge >= 0.3 is 5.97 Å². The van der Waals surface area contributed by atoms with Gasteiger partial charge in [0.25, 0.3) is 0 Å². The van der Waals surface area contributed by atoms with Gasteiger partial charge < -0.3 is 9.51 Å². The molecule has 0 bridgehead atoms. The summed E-state index contributed by atoms with van der Waals surface area (Å²) in [6.07, 6.45) is 0.0743. The van der Waals surface area contributed by atoms with E-state index in [9.17, 15) is 4.79 Å². The number of rotatable bonds is 2. The molecular formula is C12H13NO2. The number of hydrogen-bond donors (Lipinski definition) is 1. The van der Waals surface area contributed by atoms with Gasteiger partial charge in [0, 0.05) is 16.9 Å². The quantitative estimate of drug-likeness (QED) is 0.812. The molecule has 0 radical (unpaired) electrons. The van der Waals surface area contributed by atoms with Crippen LogP contribution in [0, 0.1) is 13.8 Å². The number of aliphatic carboxylic acids is 1. The summed E-state index contributed by atoms with van der Waals surface area (Å²) in [5.41, 5.74) is 4.03. The summed E-state index contributed by atoms with van der Waals surface area (Å²) in [7, 11) is 0. The molecule has 2 rings (SSSR count). The van der Waals surface area contributed by atoms with Crippen molar-refractivity contribution in [1.29, 1.82) is 0 Å². The monoisotopic (exact) mass is 203 g/mol. The van der Waals surface area contributed by atoms with Gasteiger partial charge in [0.15, 0.2) is 0 Å². The lowest BCUT2D eigenvalue weighted by Crippen LogP contribution is -2.06. The van der Waals surface area contributed by atoms with Gasteiger partial charge in [0.1, 0.15) is 0 Å². The van der Waals surface area contributed by atoms with Gasteiger partial charge in [-0.1, -0.05) is 6.07 Å². The molecule has 3 nitrogen and oxygen atoms in total. The molecule has 0 saturated heterocycles. The van der Waals surface area contributed by atoms with Crippen LogP contribution in [0.3, 0.4) is 0 Å². The summed E-state index contributed by atoms with van der Waals surface area (Å²) in [4.78, 5) is 10.8. The highest BCUT2D eigenvalue weighted by molar-refractivity contribution is 5.71. The Morgan fingerprint density at radius 2 is 2.13 bits per heavy atom. The zero-order chi connectivity index (χ0) is 11.0. The lowest BCUT2D eigenvalue weighted by atomic mass is 10.2. The fraction of sp³-hybridized carbons (Fsp3) is 0.250. The molecule has 0 aliphatic carbocycles. The number of carbonyl (C=O) groups is 1. The highest BCUT2D eigenvalue weighted by atomic mass is 16.4. The van der Waals surface area contributed by atoms with Crippen LogP contribution in [0.5, 0.6) is 0 Å². The Balaban J connectivity index is 2.71. The van der Waals surface area contributed by atoms with E-state index in [0.717, 1.165) is 22.5 Å². The second-order valence-corrected chi connectivity index (χ2v) is 3.77. The molecule has 1 N–H and O–H groups in total. The first-order chi connectivity index (χ1) is 7.09. The molecule has 0 fully saturated rings. The van der Waals surface area contributed by atoms with Gasteiger partial charge in [-0.05, 0) is 37.6 Å². The maximum atomic E-state index is 10.8. The van der Waals surface area contributed by atoms with Crippen LogP contribution in [-0.2, 0) is 11.2 Å². The summed E-state index contributed by atoms with van der Waals surface area (Å²) in [5, 5.41) is 8.85. The molecule has 78 valence electrons. The summed E-state index contributed by atoms with van der Waals surface area (Å²) in [5.74, 6) is -0.790. The standard InChI is InChI=1S/C12H13NO2/c1-8-6-10-5-3-4-9(2)13(10)11(8)7-12(14)15/h3-6H,7H2,1-2H3,(H,14,15). The SMILES string of the molecule is Cc1cc2cccc(C)n2c1CC(=O)O. The van der Waals surface area contributed by atoms with E-state index in [0.29, 0.717) is 0 Å². The highest BCUT2D eigenvalue weighted by Gasteiger charge is 2.11. The highest BCUT2D eigenvalue weighted by Crippen LogP contribution is 2.18. The van der Waals surface area contributed by atoms with Crippen LogP contribution in [0.15, 0.2) is 24.3 Å². The third-order valence-corrected chi connectivity index (χ3v) is 2.62. The molecule has 0 atom stereocenters. The Labute approximate surface area is 88.0 Å². The minimum Gasteiger partial charge on any atom is -0.481 e. The lowest BCUT2D eigenvalue weighted by molar-refractivity contribution is -0.136. The first kappa shape index (κ1) is 9.77. The van der Waals surface area contributed by atoms with Crippen LogP contribution in [0.2, 0.25) is 0 Å². The Kier molecular flexibility index (Phi) is 2.23. The predicted molar refractivity (Wildman–Crippen MR) is 58.2 cm³/mol. The van der Waals surface area contributed by atoms with Crippen LogP contribution in [0.25, 0.3) is 5.52 Å². The molecule has 0 aliphatic heterocycles. The number of hydrogen-bond acceptors (Lipinski definition) is 1. The third kappa shape index (κ3) is 1.61. The zero-order valence-electron chi connectivity index (χ0n) is 8.82. The van der Waals surface area contributed by atoms with Crippen molar-refractivity contribution in [3.63, 3.8) is 0 Å². The largest absolute Gasteiger partial charge is 0.481 e. The number of pyridine rings is 1. The summed E-state index contributed by atoms with van der Waals surface area (Å²) in [6, 6.07) is 7.98. The number of aryl methyl sites for hydroxylation is 2. The van der Waals surface area contributed by atoms with Crippen molar-refractivity contribution in [2.45, 2.75) is 20.3 Å². The predicted octanol–water partition coefficient (Wildman–Crippen LogP) is 2.18. The molecule has 2 aromatic heterocycles. The Morgan fingerprint density at radius 3 is 2.80 bits per heavy atom. The van der Waals surface area contributed by atoms with Gasteiger partial charge in [-0.2, -0.15) is 0 Å². The molecule has 15 heavy (non-hydrogen) atoms. The Morgan fingerprint density at radius 1 is 1.40 bits per heavy atom. The normalized spacial score (nSPS) is 10.8. The maximum Gasteiger partial charge on any atom is 0.309 e. The first-order valence-electron chi connectivity index (χ1n) is 4.88. The van der Waals surface area contributed by atoms with Gasteiger partial charge in [-0.25, -0.2) is 0 Å².